The van der Waals surface area contributed by atoms with Crippen molar-refractivity contribution in [2.24, 2.45) is 5.92 Å². The van der Waals surface area contributed by atoms with Crippen molar-refractivity contribution in [2.45, 2.75) is 33.6 Å². The molecule has 0 amide bonds. The van der Waals surface area contributed by atoms with Gasteiger partial charge in [0.1, 0.15) is 0 Å². The number of hydrogen-bond donors (Lipinski definition) is 0. The summed E-state index contributed by atoms with van der Waals surface area (Å²) in [5.41, 5.74) is 1.11. The molecule has 0 fully saturated rings. The molecule has 0 aromatic rings. The Balaban J connectivity index is 3.88. The van der Waals surface area contributed by atoms with Crippen molar-refractivity contribution in [3.05, 3.63) is 23.8 Å². The van der Waals surface area contributed by atoms with Gasteiger partial charge in [0.15, 0.2) is 0 Å². The van der Waals surface area contributed by atoms with Crippen LogP contribution in [0.25, 0.3) is 0 Å². The highest BCUT2D eigenvalue weighted by atomic mass is 14.2. The molecule has 1 nitrogen and oxygen atoms in total. The minimum Gasteiger partial charge on any atom is -0.198 e. The third-order valence-electron chi connectivity index (χ3n) is 1.59. The predicted octanol–water partition coefficient (Wildman–Crippen LogP) is 3.45. The lowest BCUT2D eigenvalue weighted by molar-refractivity contribution is 0.663. The molecule has 0 aromatic carbocycles. The van der Waals surface area contributed by atoms with Crippen LogP contribution < -0.4 is 0 Å². The van der Waals surface area contributed by atoms with Crippen LogP contribution in [-0.4, -0.2) is 0 Å². The Morgan fingerprint density at radius 3 is 2.58 bits per heavy atom. The third kappa shape index (κ3) is 5.73. The number of rotatable bonds is 4. The zero-order valence-electron chi connectivity index (χ0n) is 8.17. The molecule has 0 N–H and O–H groups in total. The first-order valence-electron chi connectivity index (χ1n) is 4.39. The van der Waals surface area contributed by atoms with Crippen molar-refractivity contribution in [3.8, 4) is 6.07 Å². The van der Waals surface area contributed by atoms with E-state index in [0.29, 0.717) is 12.3 Å². The Kier molecular flexibility index (Phi) is 6.09. The van der Waals surface area contributed by atoms with E-state index >= 15 is 0 Å². The van der Waals surface area contributed by atoms with Gasteiger partial charge in [-0.1, -0.05) is 32.1 Å². The van der Waals surface area contributed by atoms with Crippen molar-refractivity contribution in [1.29, 1.82) is 5.26 Å². The number of nitrogens with zero attached hydrogens (tertiary/aromatic N) is 1. The molecule has 0 aliphatic rings. The lowest BCUT2D eigenvalue weighted by Gasteiger charge is -1.97. The number of nitriles is 1. The first kappa shape index (κ1) is 11.0. The average Bonchev–Trinajstić information content (AvgIpc) is 2.02. The molecule has 0 saturated carbocycles. The van der Waals surface area contributed by atoms with E-state index in [-0.39, 0.29) is 0 Å². The second kappa shape index (κ2) is 6.67. The standard InChI is InChI=1S/C11H17N/c1-4-11(8-9-12)7-5-6-10(2)3/h4-5,7,10H,6,8H2,1-3H3/b7-5-,11-4+. The Morgan fingerprint density at radius 2 is 2.17 bits per heavy atom. The first-order valence-corrected chi connectivity index (χ1v) is 4.39. The summed E-state index contributed by atoms with van der Waals surface area (Å²) in [6.45, 7) is 6.33. The van der Waals surface area contributed by atoms with E-state index < -0.39 is 0 Å². The summed E-state index contributed by atoms with van der Waals surface area (Å²) in [6.07, 6.45) is 7.77. The quantitative estimate of drug-likeness (QED) is 0.582. The van der Waals surface area contributed by atoms with Gasteiger partial charge >= 0.3 is 0 Å². The largest absolute Gasteiger partial charge is 0.198 e. The lowest BCUT2D eigenvalue weighted by atomic mass is 10.1. The van der Waals surface area contributed by atoms with E-state index in [1.165, 1.54) is 0 Å². The number of hydrogen-bond acceptors (Lipinski definition) is 1. The first-order chi connectivity index (χ1) is 5.70. The molecule has 0 radical (unpaired) electrons. The molecule has 0 saturated heterocycles. The normalized spacial score (nSPS) is 12.4. The van der Waals surface area contributed by atoms with Crippen molar-refractivity contribution >= 4 is 0 Å². The molecule has 0 bridgehead atoms. The van der Waals surface area contributed by atoms with Gasteiger partial charge in [0.2, 0.25) is 0 Å². The fourth-order valence-electron chi connectivity index (χ4n) is 0.840. The smallest absolute Gasteiger partial charge is 0.0669 e. The summed E-state index contributed by atoms with van der Waals surface area (Å²) in [5.74, 6) is 0.696. The van der Waals surface area contributed by atoms with Crippen LogP contribution in [0.2, 0.25) is 0 Å². The van der Waals surface area contributed by atoms with Gasteiger partial charge in [-0.2, -0.15) is 5.26 Å². The molecule has 66 valence electrons. The van der Waals surface area contributed by atoms with Gasteiger partial charge in [-0.15, -0.1) is 0 Å². The Morgan fingerprint density at radius 1 is 1.50 bits per heavy atom. The van der Waals surface area contributed by atoms with E-state index in [1.54, 1.807) is 0 Å². The second-order valence-corrected chi connectivity index (χ2v) is 3.23. The minimum atomic E-state index is 0.519. The van der Waals surface area contributed by atoms with Crippen LogP contribution in [-0.2, 0) is 0 Å². The summed E-state index contributed by atoms with van der Waals surface area (Å²) >= 11 is 0. The Labute approximate surface area is 75.4 Å². The van der Waals surface area contributed by atoms with Crippen LogP contribution in [0.15, 0.2) is 23.8 Å². The van der Waals surface area contributed by atoms with Crippen molar-refractivity contribution in [2.75, 3.05) is 0 Å². The molecule has 0 aromatic heterocycles. The summed E-state index contributed by atoms with van der Waals surface area (Å²) in [7, 11) is 0. The van der Waals surface area contributed by atoms with E-state index in [0.717, 1.165) is 12.0 Å². The Bertz CT molecular complexity index is 204. The SMILES string of the molecule is C/C=C(\C=C/CC(C)C)CC#N. The van der Waals surface area contributed by atoms with E-state index in [2.05, 4.69) is 26.0 Å². The van der Waals surface area contributed by atoms with E-state index in [1.807, 2.05) is 19.1 Å². The minimum absolute atomic E-state index is 0.519. The highest BCUT2D eigenvalue weighted by molar-refractivity contribution is 5.21. The zero-order chi connectivity index (χ0) is 9.40. The molecule has 0 aliphatic heterocycles. The molecule has 0 unspecified atom stereocenters. The average molecular weight is 163 g/mol. The summed E-state index contributed by atoms with van der Waals surface area (Å²) < 4.78 is 0. The maximum Gasteiger partial charge on any atom is 0.0669 e. The maximum absolute atomic E-state index is 8.45. The fourth-order valence-corrected chi connectivity index (χ4v) is 0.840. The molecular weight excluding hydrogens is 146 g/mol. The molecule has 0 rings (SSSR count). The summed E-state index contributed by atoms with van der Waals surface area (Å²) in [4.78, 5) is 0. The molecule has 12 heavy (non-hydrogen) atoms. The second-order valence-electron chi connectivity index (χ2n) is 3.23. The van der Waals surface area contributed by atoms with Gasteiger partial charge < -0.3 is 0 Å². The highest BCUT2D eigenvalue weighted by Gasteiger charge is 1.90. The van der Waals surface area contributed by atoms with Gasteiger partial charge in [-0.3, -0.25) is 0 Å². The number of allylic oxidation sites excluding steroid dienone is 4. The molecule has 0 heterocycles. The molecule has 1 heteroatoms. The van der Waals surface area contributed by atoms with E-state index in [9.17, 15) is 0 Å². The lowest BCUT2D eigenvalue weighted by Crippen LogP contribution is -1.82. The fraction of sp³-hybridized carbons (Fsp3) is 0.545. The van der Waals surface area contributed by atoms with E-state index in [4.69, 9.17) is 5.26 Å². The highest BCUT2D eigenvalue weighted by Crippen LogP contribution is 2.05. The van der Waals surface area contributed by atoms with Gasteiger partial charge in [0.25, 0.3) is 0 Å². The third-order valence-corrected chi connectivity index (χ3v) is 1.59. The van der Waals surface area contributed by atoms with Crippen molar-refractivity contribution < 1.29 is 0 Å². The molecule has 0 atom stereocenters. The monoisotopic (exact) mass is 163 g/mol. The molecule has 0 aliphatic carbocycles. The maximum atomic E-state index is 8.45. The topological polar surface area (TPSA) is 23.8 Å². The van der Waals surface area contributed by atoms with Crippen LogP contribution in [0.1, 0.15) is 33.6 Å². The van der Waals surface area contributed by atoms with Gasteiger partial charge in [-0.05, 0) is 24.8 Å². The van der Waals surface area contributed by atoms with Gasteiger partial charge in [0.05, 0.1) is 12.5 Å². The Hall–Kier alpha value is -1.03. The zero-order valence-corrected chi connectivity index (χ0v) is 8.17. The molecular formula is C11H17N. The molecule has 0 spiro atoms. The van der Waals surface area contributed by atoms with Crippen LogP contribution in [0, 0.1) is 17.2 Å². The van der Waals surface area contributed by atoms with Gasteiger partial charge in [0, 0.05) is 0 Å². The van der Waals surface area contributed by atoms with Crippen LogP contribution >= 0.6 is 0 Å². The van der Waals surface area contributed by atoms with Crippen LogP contribution in [0.3, 0.4) is 0 Å². The van der Waals surface area contributed by atoms with Gasteiger partial charge in [-0.25, -0.2) is 0 Å². The van der Waals surface area contributed by atoms with Crippen molar-refractivity contribution in [1.82, 2.24) is 0 Å². The van der Waals surface area contributed by atoms with Crippen LogP contribution in [0.5, 0.6) is 0 Å². The summed E-state index contributed by atoms with van der Waals surface area (Å²) in [5, 5.41) is 8.45. The predicted molar refractivity (Wildman–Crippen MR) is 52.6 cm³/mol. The summed E-state index contributed by atoms with van der Waals surface area (Å²) in [6, 6.07) is 2.14. The van der Waals surface area contributed by atoms with Crippen LogP contribution in [0.4, 0.5) is 0 Å². The van der Waals surface area contributed by atoms with Crippen molar-refractivity contribution in [3.63, 3.8) is 0 Å².